The van der Waals surface area contributed by atoms with Crippen molar-refractivity contribution >= 4 is 62.5 Å². The summed E-state index contributed by atoms with van der Waals surface area (Å²) in [5.41, 5.74) is 2.78. The van der Waals surface area contributed by atoms with Crippen LogP contribution in [0.5, 0.6) is 5.75 Å². The van der Waals surface area contributed by atoms with Gasteiger partial charge in [0.15, 0.2) is 5.13 Å². The molecule has 1 saturated heterocycles. The van der Waals surface area contributed by atoms with Crippen molar-refractivity contribution in [3.05, 3.63) is 47.5 Å². The molecule has 1 aliphatic heterocycles. The average molecular weight is 531 g/mol. The molecule has 1 aromatic heterocycles. The van der Waals surface area contributed by atoms with Crippen molar-refractivity contribution in [2.24, 2.45) is 0 Å². The van der Waals surface area contributed by atoms with E-state index in [0.29, 0.717) is 35.2 Å². The molecular weight excluding hydrogens is 500 g/mol. The van der Waals surface area contributed by atoms with Gasteiger partial charge in [-0.05, 0) is 55.9 Å². The lowest BCUT2D eigenvalue weighted by Gasteiger charge is -2.25. The number of ether oxygens (including phenoxy) is 1. The number of hydrogen-bond donors (Lipinski definition) is 0. The Morgan fingerprint density at radius 3 is 2.25 bits per heavy atom. The van der Waals surface area contributed by atoms with E-state index in [0.717, 1.165) is 28.9 Å². The third-order valence-corrected chi connectivity index (χ3v) is 7.56. The lowest BCUT2D eigenvalue weighted by molar-refractivity contribution is -0.121. The fourth-order valence-corrected chi connectivity index (χ4v) is 5.29. The van der Waals surface area contributed by atoms with E-state index in [4.69, 9.17) is 9.72 Å². The maximum absolute atomic E-state index is 13.7. The van der Waals surface area contributed by atoms with Crippen molar-refractivity contribution in [3.8, 4) is 5.75 Å². The van der Waals surface area contributed by atoms with Crippen LogP contribution in [0.15, 0.2) is 36.4 Å². The number of amides is 3. The molecule has 36 heavy (non-hydrogen) atoms. The van der Waals surface area contributed by atoms with Crippen LogP contribution in [0.1, 0.15) is 42.6 Å². The standard InChI is InChI=1S/C26H30N4O4S.ClH/c1-5-28(6-2)15-16-29(26-27-23-20(34-4)12-7-17(3)24(23)35-26)25(33)18-8-10-19(11-9-18)30-21(31)13-14-22(30)32;/h7-12H,5-6,13-16H2,1-4H3;1H. The topological polar surface area (TPSA) is 83.0 Å². The van der Waals surface area contributed by atoms with Crippen LogP contribution in [-0.4, -0.2) is 60.9 Å². The molecular formula is C26H31ClN4O4S. The molecule has 0 unspecified atom stereocenters. The van der Waals surface area contributed by atoms with Gasteiger partial charge in [-0.3, -0.25) is 24.2 Å². The zero-order valence-corrected chi connectivity index (χ0v) is 22.6. The highest BCUT2D eigenvalue weighted by atomic mass is 35.5. The minimum absolute atomic E-state index is 0. The number of hydrogen-bond acceptors (Lipinski definition) is 7. The second-order valence-corrected chi connectivity index (χ2v) is 9.39. The van der Waals surface area contributed by atoms with E-state index in [1.807, 2.05) is 19.1 Å². The van der Waals surface area contributed by atoms with Gasteiger partial charge in [-0.2, -0.15) is 0 Å². The molecule has 4 rings (SSSR count). The van der Waals surface area contributed by atoms with Gasteiger partial charge in [0.1, 0.15) is 11.3 Å². The number of carbonyl (C=O) groups is 3. The molecule has 2 heterocycles. The number of halogens is 1. The molecule has 0 aliphatic carbocycles. The lowest BCUT2D eigenvalue weighted by atomic mass is 10.1. The molecule has 0 radical (unpaired) electrons. The van der Waals surface area contributed by atoms with E-state index in [2.05, 4.69) is 18.7 Å². The van der Waals surface area contributed by atoms with Gasteiger partial charge in [-0.1, -0.05) is 31.3 Å². The number of likely N-dealkylation sites (N-methyl/N-ethyl adjacent to an activating group) is 1. The number of anilines is 2. The first-order valence-electron chi connectivity index (χ1n) is 11.8. The lowest BCUT2D eigenvalue weighted by Crippen LogP contribution is -2.39. The van der Waals surface area contributed by atoms with E-state index in [1.165, 1.54) is 16.2 Å². The van der Waals surface area contributed by atoms with Crippen LogP contribution >= 0.6 is 23.7 Å². The third-order valence-electron chi connectivity index (χ3n) is 6.35. The number of fused-ring (bicyclic) bond motifs is 1. The van der Waals surface area contributed by atoms with E-state index in [1.54, 1.807) is 36.3 Å². The molecule has 0 atom stereocenters. The highest BCUT2D eigenvalue weighted by Crippen LogP contribution is 2.37. The summed E-state index contributed by atoms with van der Waals surface area (Å²) in [4.78, 5) is 47.8. The molecule has 3 aromatic rings. The summed E-state index contributed by atoms with van der Waals surface area (Å²) in [5.74, 6) is 0.0643. The van der Waals surface area contributed by atoms with Crippen molar-refractivity contribution in [3.63, 3.8) is 0 Å². The van der Waals surface area contributed by atoms with Gasteiger partial charge >= 0.3 is 0 Å². The van der Waals surface area contributed by atoms with Crippen molar-refractivity contribution in [1.29, 1.82) is 0 Å². The van der Waals surface area contributed by atoms with Crippen LogP contribution in [0.4, 0.5) is 10.8 Å². The number of nitrogens with zero attached hydrogens (tertiary/aromatic N) is 4. The highest BCUT2D eigenvalue weighted by molar-refractivity contribution is 7.22. The largest absolute Gasteiger partial charge is 0.494 e. The zero-order valence-electron chi connectivity index (χ0n) is 20.9. The SMILES string of the molecule is CCN(CC)CCN(C(=O)c1ccc(N2C(=O)CCC2=O)cc1)c1nc2c(OC)ccc(C)c2s1.Cl. The van der Waals surface area contributed by atoms with E-state index in [-0.39, 0.29) is 43.0 Å². The number of carbonyl (C=O) groups excluding carboxylic acids is 3. The van der Waals surface area contributed by atoms with Gasteiger partial charge in [-0.25, -0.2) is 4.98 Å². The number of aryl methyl sites for hydroxylation is 1. The second-order valence-electron chi connectivity index (χ2n) is 8.41. The Labute approximate surface area is 221 Å². The van der Waals surface area contributed by atoms with Crippen molar-refractivity contribution in [2.45, 2.75) is 33.6 Å². The summed E-state index contributed by atoms with van der Waals surface area (Å²) in [6.45, 7) is 9.18. The molecule has 0 spiro atoms. The van der Waals surface area contributed by atoms with Crippen molar-refractivity contribution in [2.75, 3.05) is 43.1 Å². The van der Waals surface area contributed by atoms with E-state index in [9.17, 15) is 14.4 Å². The first kappa shape index (κ1) is 27.6. The van der Waals surface area contributed by atoms with E-state index < -0.39 is 0 Å². The number of thiazole rings is 1. The molecule has 3 amide bonds. The van der Waals surface area contributed by atoms with Crippen LogP contribution in [-0.2, 0) is 9.59 Å². The summed E-state index contributed by atoms with van der Waals surface area (Å²) in [7, 11) is 1.61. The number of benzene rings is 2. The number of imide groups is 1. The number of methoxy groups -OCH3 is 1. The highest BCUT2D eigenvalue weighted by Gasteiger charge is 2.30. The molecule has 1 aliphatic rings. The van der Waals surface area contributed by atoms with E-state index >= 15 is 0 Å². The van der Waals surface area contributed by atoms with Crippen LogP contribution in [0.3, 0.4) is 0 Å². The Balaban J connectivity index is 0.00000361. The average Bonchev–Trinajstić information content (AvgIpc) is 3.46. The van der Waals surface area contributed by atoms with Gasteiger partial charge in [0.2, 0.25) is 11.8 Å². The predicted octanol–water partition coefficient (Wildman–Crippen LogP) is 4.68. The number of rotatable bonds is 9. The summed E-state index contributed by atoms with van der Waals surface area (Å²) in [5, 5.41) is 0.610. The van der Waals surface area contributed by atoms with Crippen LogP contribution < -0.4 is 14.5 Å². The molecule has 10 heteroatoms. The quantitative estimate of drug-likeness (QED) is 0.374. The zero-order chi connectivity index (χ0) is 25.1. The minimum atomic E-state index is -0.214. The Morgan fingerprint density at radius 1 is 1.03 bits per heavy atom. The molecule has 2 aromatic carbocycles. The fourth-order valence-electron chi connectivity index (χ4n) is 4.22. The summed E-state index contributed by atoms with van der Waals surface area (Å²) < 4.78 is 6.49. The summed E-state index contributed by atoms with van der Waals surface area (Å²) in [6.07, 6.45) is 0.443. The fraction of sp³-hybridized carbons (Fsp3) is 0.385. The molecule has 0 N–H and O–H groups in total. The Morgan fingerprint density at radius 2 is 1.67 bits per heavy atom. The van der Waals surface area contributed by atoms with Crippen LogP contribution in [0.25, 0.3) is 10.2 Å². The van der Waals surface area contributed by atoms with Gasteiger partial charge in [-0.15, -0.1) is 12.4 Å². The molecule has 192 valence electrons. The van der Waals surface area contributed by atoms with Crippen molar-refractivity contribution in [1.82, 2.24) is 9.88 Å². The third kappa shape index (κ3) is 5.38. The monoisotopic (exact) mass is 530 g/mol. The molecule has 1 fully saturated rings. The summed E-state index contributed by atoms with van der Waals surface area (Å²) in [6, 6.07) is 10.5. The normalized spacial score (nSPS) is 13.4. The minimum Gasteiger partial charge on any atom is -0.494 e. The molecule has 8 nitrogen and oxygen atoms in total. The maximum Gasteiger partial charge on any atom is 0.260 e. The Hall–Kier alpha value is -3.01. The Bertz CT molecular complexity index is 1240. The van der Waals surface area contributed by atoms with Gasteiger partial charge in [0.25, 0.3) is 5.91 Å². The molecule has 0 bridgehead atoms. The van der Waals surface area contributed by atoms with Gasteiger partial charge in [0.05, 0.1) is 17.5 Å². The smallest absolute Gasteiger partial charge is 0.260 e. The van der Waals surface area contributed by atoms with Crippen molar-refractivity contribution < 1.29 is 19.1 Å². The number of aromatic nitrogens is 1. The van der Waals surface area contributed by atoms with Crippen LogP contribution in [0, 0.1) is 6.92 Å². The first-order chi connectivity index (χ1) is 16.9. The first-order valence-corrected chi connectivity index (χ1v) is 12.6. The molecule has 0 saturated carbocycles. The van der Waals surface area contributed by atoms with Gasteiger partial charge in [0, 0.05) is 31.5 Å². The predicted molar refractivity (Wildman–Crippen MR) is 146 cm³/mol. The van der Waals surface area contributed by atoms with Crippen LogP contribution in [0.2, 0.25) is 0 Å². The maximum atomic E-state index is 13.7. The van der Waals surface area contributed by atoms with Gasteiger partial charge < -0.3 is 9.64 Å². The summed E-state index contributed by atoms with van der Waals surface area (Å²) >= 11 is 1.47. The second kappa shape index (κ2) is 11.8. The Kier molecular flexibility index (Phi) is 9.05.